The molecule has 0 saturated carbocycles. The van der Waals surface area contributed by atoms with E-state index in [9.17, 15) is 32.7 Å². The first-order valence-corrected chi connectivity index (χ1v) is 7.69. The number of nitrogens with zero attached hydrogens (tertiary/aromatic N) is 2. The van der Waals surface area contributed by atoms with Crippen LogP contribution in [0.1, 0.15) is 35.3 Å². The van der Waals surface area contributed by atoms with E-state index >= 15 is 0 Å². The van der Waals surface area contributed by atoms with Gasteiger partial charge in [0, 0.05) is 25.3 Å². The molecule has 0 unspecified atom stereocenters. The molecule has 2 heterocycles. The van der Waals surface area contributed by atoms with Gasteiger partial charge in [0.1, 0.15) is 22.7 Å². The Hall–Kier alpha value is -2.97. The van der Waals surface area contributed by atoms with E-state index in [1.165, 1.54) is 7.05 Å². The summed E-state index contributed by atoms with van der Waals surface area (Å²) in [5.74, 6) is -1.88. The van der Waals surface area contributed by atoms with Gasteiger partial charge in [-0.15, -0.1) is 0 Å². The molecule has 1 N–H and O–H groups in total. The Balaban J connectivity index is 2.20. The second kappa shape index (κ2) is 6.08. The topological polar surface area (TPSA) is 89.3 Å². The van der Waals surface area contributed by atoms with E-state index in [2.05, 4.69) is 4.98 Å². The van der Waals surface area contributed by atoms with Crippen molar-refractivity contribution in [2.24, 2.45) is 7.05 Å². The molecule has 0 saturated heterocycles. The van der Waals surface area contributed by atoms with Crippen molar-refractivity contribution in [1.82, 2.24) is 9.55 Å². The number of halogens is 3. The molecule has 0 bridgehead atoms. The van der Waals surface area contributed by atoms with Crippen LogP contribution in [0.15, 0.2) is 34.3 Å². The van der Waals surface area contributed by atoms with Crippen molar-refractivity contribution in [3.63, 3.8) is 0 Å². The number of pyridine rings is 2. The molecule has 9 heteroatoms. The molecule has 0 fully saturated rings. The van der Waals surface area contributed by atoms with E-state index in [-0.39, 0.29) is 29.6 Å². The number of fused-ring (bicyclic) bond motifs is 1. The van der Waals surface area contributed by atoms with Gasteiger partial charge in [-0.3, -0.25) is 19.0 Å². The maximum absolute atomic E-state index is 12.8. The molecule has 0 radical (unpaired) electrons. The normalized spacial score (nSPS) is 15.6. The summed E-state index contributed by atoms with van der Waals surface area (Å²) in [6, 6.07) is 2.93. The van der Waals surface area contributed by atoms with E-state index in [0.29, 0.717) is 6.42 Å². The number of carbonyl (C=O) groups excluding carboxylic acids is 2. The summed E-state index contributed by atoms with van der Waals surface area (Å²) in [5.41, 5.74) is -3.14. The van der Waals surface area contributed by atoms with Crippen LogP contribution in [0.2, 0.25) is 0 Å². The van der Waals surface area contributed by atoms with Gasteiger partial charge in [0.05, 0.1) is 5.56 Å². The van der Waals surface area contributed by atoms with Gasteiger partial charge >= 0.3 is 6.18 Å². The molecular weight excluding hydrogens is 353 g/mol. The minimum Gasteiger partial charge on any atom is -0.511 e. The van der Waals surface area contributed by atoms with Crippen molar-refractivity contribution >= 4 is 22.6 Å². The molecule has 26 heavy (non-hydrogen) atoms. The van der Waals surface area contributed by atoms with Gasteiger partial charge in [-0.25, -0.2) is 4.98 Å². The average Bonchev–Trinajstić information content (AvgIpc) is 2.56. The van der Waals surface area contributed by atoms with Crippen molar-refractivity contribution in [1.29, 1.82) is 0 Å². The summed E-state index contributed by atoms with van der Waals surface area (Å²) >= 11 is 0. The fourth-order valence-electron chi connectivity index (χ4n) is 2.87. The number of aryl methyl sites for hydroxylation is 1. The summed E-state index contributed by atoms with van der Waals surface area (Å²) in [4.78, 5) is 40.5. The predicted octanol–water partition coefficient (Wildman–Crippen LogP) is 2.70. The number of rotatable bonds is 2. The molecule has 1 aliphatic rings. The Bertz CT molecular complexity index is 1030. The number of hydrogen-bond acceptors (Lipinski definition) is 5. The van der Waals surface area contributed by atoms with E-state index < -0.39 is 40.1 Å². The first kappa shape index (κ1) is 17.8. The third kappa shape index (κ3) is 2.89. The number of aromatic nitrogens is 2. The molecule has 2 aromatic rings. The van der Waals surface area contributed by atoms with Crippen LogP contribution < -0.4 is 5.56 Å². The Kier molecular flexibility index (Phi) is 4.17. The Labute approximate surface area is 144 Å². The van der Waals surface area contributed by atoms with Crippen LogP contribution in [-0.2, 0) is 18.0 Å². The zero-order valence-corrected chi connectivity index (χ0v) is 13.6. The lowest BCUT2D eigenvalue weighted by molar-refractivity contribution is -0.141. The quantitative estimate of drug-likeness (QED) is 0.652. The van der Waals surface area contributed by atoms with Crippen LogP contribution in [0.3, 0.4) is 0 Å². The van der Waals surface area contributed by atoms with Crippen molar-refractivity contribution in [3.8, 4) is 0 Å². The highest BCUT2D eigenvalue weighted by atomic mass is 19.4. The lowest BCUT2D eigenvalue weighted by atomic mass is 9.90. The minimum absolute atomic E-state index is 0.0789. The molecule has 136 valence electrons. The molecule has 0 atom stereocenters. The summed E-state index contributed by atoms with van der Waals surface area (Å²) in [6.45, 7) is 0. The van der Waals surface area contributed by atoms with E-state index in [4.69, 9.17) is 0 Å². The number of carbonyl (C=O) groups is 2. The van der Waals surface area contributed by atoms with E-state index in [1.54, 1.807) is 0 Å². The lowest BCUT2D eigenvalue weighted by Gasteiger charge is -2.15. The van der Waals surface area contributed by atoms with Gasteiger partial charge in [0.2, 0.25) is 5.78 Å². The maximum atomic E-state index is 12.8. The second-order valence-corrected chi connectivity index (χ2v) is 5.96. The third-order valence-electron chi connectivity index (χ3n) is 4.20. The second-order valence-electron chi connectivity index (χ2n) is 5.96. The molecule has 2 aromatic heterocycles. The molecule has 6 nitrogen and oxygen atoms in total. The van der Waals surface area contributed by atoms with Gasteiger partial charge in [-0.05, 0) is 24.6 Å². The first-order valence-electron chi connectivity index (χ1n) is 7.69. The van der Waals surface area contributed by atoms with Crippen molar-refractivity contribution in [3.05, 3.63) is 51.1 Å². The fourth-order valence-corrected chi connectivity index (χ4v) is 2.87. The Morgan fingerprint density at radius 1 is 1.23 bits per heavy atom. The largest absolute Gasteiger partial charge is 0.511 e. The van der Waals surface area contributed by atoms with E-state index in [1.807, 2.05) is 0 Å². The highest BCUT2D eigenvalue weighted by Crippen LogP contribution is 2.29. The first-order chi connectivity index (χ1) is 12.1. The zero-order chi connectivity index (χ0) is 19.2. The molecule has 0 aromatic carbocycles. The molecule has 0 amide bonds. The van der Waals surface area contributed by atoms with E-state index in [0.717, 1.165) is 22.8 Å². The van der Waals surface area contributed by atoms with Gasteiger partial charge in [-0.2, -0.15) is 13.2 Å². The Morgan fingerprint density at radius 2 is 1.92 bits per heavy atom. The standard InChI is InChI=1S/C17H13F3N2O4/c1-22-15-8(5-6-12(21-15)17(18,19)20)7-9(16(22)26)14(25)13-10(23)3-2-4-11(13)24/h5-7,23H,2-4H2,1H3. The number of allylic oxidation sites excluding steroid dienone is 2. The minimum atomic E-state index is -4.68. The number of alkyl halides is 3. The Morgan fingerprint density at radius 3 is 2.54 bits per heavy atom. The highest BCUT2D eigenvalue weighted by molar-refractivity contribution is 6.27. The van der Waals surface area contributed by atoms with Crippen LogP contribution in [0.25, 0.3) is 11.0 Å². The number of hydrogen-bond donors (Lipinski definition) is 1. The number of aliphatic hydroxyl groups excluding tert-OH is 1. The summed E-state index contributed by atoms with van der Waals surface area (Å²) < 4.78 is 39.2. The van der Waals surface area contributed by atoms with Crippen molar-refractivity contribution in [2.45, 2.75) is 25.4 Å². The SMILES string of the molecule is Cn1c(=O)c(C(=O)C2=C(O)CCCC2=O)cc2ccc(C(F)(F)F)nc21. The molecular formula is C17H13F3N2O4. The average molecular weight is 366 g/mol. The summed E-state index contributed by atoms with van der Waals surface area (Å²) in [6.07, 6.45) is -4.04. The summed E-state index contributed by atoms with van der Waals surface area (Å²) in [7, 11) is 1.19. The predicted molar refractivity (Wildman–Crippen MR) is 84.8 cm³/mol. The van der Waals surface area contributed by atoms with Crippen molar-refractivity contribution in [2.75, 3.05) is 0 Å². The van der Waals surface area contributed by atoms with Gasteiger partial charge in [0.25, 0.3) is 5.56 Å². The van der Waals surface area contributed by atoms with Crippen LogP contribution in [0.5, 0.6) is 0 Å². The van der Waals surface area contributed by atoms with Crippen molar-refractivity contribution < 1.29 is 27.9 Å². The fraction of sp³-hybridized carbons (Fsp3) is 0.294. The molecule has 3 rings (SSSR count). The van der Waals surface area contributed by atoms with Crippen LogP contribution in [-0.4, -0.2) is 26.2 Å². The third-order valence-corrected chi connectivity index (χ3v) is 4.20. The smallest absolute Gasteiger partial charge is 0.433 e. The maximum Gasteiger partial charge on any atom is 0.433 e. The molecule has 1 aliphatic carbocycles. The summed E-state index contributed by atoms with van der Waals surface area (Å²) in [5, 5.41) is 9.99. The number of ketones is 2. The number of Topliss-reactive ketones (excluding diaryl/α,β-unsaturated/α-hetero) is 2. The van der Waals surface area contributed by atoms with Gasteiger partial charge < -0.3 is 5.11 Å². The van der Waals surface area contributed by atoms with Crippen LogP contribution >= 0.6 is 0 Å². The molecule has 0 aliphatic heterocycles. The van der Waals surface area contributed by atoms with Gasteiger partial charge in [0.15, 0.2) is 5.78 Å². The molecule has 0 spiro atoms. The van der Waals surface area contributed by atoms with Crippen LogP contribution in [0.4, 0.5) is 13.2 Å². The lowest BCUT2D eigenvalue weighted by Crippen LogP contribution is -2.29. The number of aliphatic hydroxyl groups is 1. The zero-order valence-electron chi connectivity index (χ0n) is 13.6. The van der Waals surface area contributed by atoms with Gasteiger partial charge in [-0.1, -0.05) is 0 Å². The van der Waals surface area contributed by atoms with Crippen LogP contribution in [0, 0.1) is 0 Å². The highest BCUT2D eigenvalue weighted by Gasteiger charge is 2.33. The monoisotopic (exact) mass is 366 g/mol.